The molecule has 108 valence electrons. The summed E-state index contributed by atoms with van der Waals surface area (Å²) in [4.78, 5) is 16.5. The van der Waals surface area contributed by atoms with E-state index in [1.807, 2.05) is 36.7 Å². The van der Waals surface area contributed by atoms with Gasteiger partial charge in [-0.25, -0.2) is 15.0 Å². The van der Waals surface area contributed by atoms with Crippen LogP contribution in [0.25, 0.3) is 11.0 Å². The molecule has 0 spiro atoms. The first kappa shape index (κ1) is 14.0. The third-order valence-electron chi connectivity index (χ3n) is 2.95. The van der Waals surface area contributed by atoms with Crippen LogP contribution in [0.5, 0.6) is 0 Å². The standard InChI is InChI=1S/C15H17N5S/c1-10(2)16-7-11-8-17-14(18-9-11)21-15-19-12-5-3-4-6-13(12)20-15/h3-6,8-10,16H,7H2,1-2H3,(H,19,20). The number of nitrogens with zero attached hydrogens (tertiary/aromatic N) is 3. The van der Waals surface area contributed by atoms with Gasteiger partial charge in [-0.05, 0) is 23.9 Å². The molecular formula is C15H17N5S. The predicted octanol–water partition coefficient (Wildman–Crippen LogP) is 3.00. The fraction of sp³-hybridized carbons (Fsp3) is 0.267. The minimum Gasteiger partial charge on any atom is -0.333 e. The molecule has 2 N–H and O–H groups in total. The van der Waals surface area contributed by atoms with Gasteiger partial charge in [0.15, 0.2) is 10.3 Å². The molecule has 0 saturated heterocycles. The lowest BCUT2D eigenvalue weighted by Crippen LogP contribution is -2.21. The molecule has 0 fully saturated rings. The van der Waals surface area contributed by atoms with Gasteiger partial charge in [-0.3, -0.25) is 0 Å². The first-order valence-electron chi connectivity index (χ1n) is 6.87. The van der Waals surface area contributed by atoms with Crippen LogP contribution in [-0.2, 0) is 6.54 Å². The molecule has 3 aromatic rings. The second kappa shape index (κ2) is 6.24. The van der Waals surface area contributed by atoms with E-state index in [9.17, 15) is 0 Å². The van der Waals surface area contributed by atoms with Crippen LogP contribution in [-0.4, -0.2) is 26.0 Å². The van der Waals surface area contributed by atoms with E-state index in [-0.39, 0.29) is 0 Å². The fourth-order valence-electron chi connectivity index (χ4n) is 1.87. The molecule has 2 aromatic heterocycles. The van der Waals surface area contributed by atoms with E-state index in [0.29, 0.717) is 11.2 Å². The molecule has 0 amide bonds. The summed E-state index contributed by atoms with van der Waals surface area (Å²) in [6, 6.07) is 8.41. The Labute approximate surface area is 127 Å². The zero-order valence-corrected chi connectivity index (χ0v) is 12.8. The summed E-state index contributed by atoms with van der Waals surface area (Å²) in [6.07, 6.45) is 3.71. The Kier molecular flexibility index (Phi) is 4.17. The largest absolute Gasteiger partial charge is 0.333 e. The number of para-hydroxylation sites is 2. The number of fused-ring (bicyclic) bond motifs is 1. The van der Waals surface area contributed by atoms with Crippen LogP contribution in [0.15, 0.2) is 47.0 Å². The van der Waals surface area contributed by atoms with Crippen molar-refractivity contribution in [2.45, 2.75) is 36.7 Å². The number of benzene rings is 1. The number of rotatable bonds is 5. The molecule has 2 heterocycles. The van der Waals surface area contributed by atoms with Crippen molar-refractivity contribution in [1.29, 1.82) is 0 Å². The average molecular weight is 299 g/mol. The monoisotopic (exact) mass is 299 g/mol. The van der Waals surface area contributed by atoms with Gasteiger partial charge >= 0.3 is 0 Å². The van der Waals surface area contributed by atoms with E-state index >= 15 is 0 Å². The molecule has 0 bridgehead atoms. The van der Waals surface area contributed by atoms with Crippen molar-refractivity contribution in [3.63, 3.8) is 0 Å². The van der Waals surface area contributed by atoms with Crippen molar-refractivity contribution in [2.24, 2.45) is 0 Å². The molecule has 0 aliphatic rings. The summed E-state index contributed by atoms with van der Waals surface area (Å²) in [7, 11) is 0. The van der Waals surface area contributed by atoms with Crippen LogP contribution in [0.2, 0.25) is 0 Å². The number of aromatic amines is 1. The van der Waals surface area contributed by atoms with Crippen molar-refractivity contribution >= 4 is 22.8 Å². The predicted molar refractivity (Wildman–Crippen MR) is 84.2 cm³/mol. The quantitative estimate of drug-likeness (QED) is 0.709. The van der Waals surface area contributed by atoms with Crippen LogP contribution in [0.3, 0.4) is 0 Å². The smallest absolute Gasteiger partial charge is 0.195 e. The van der Waals surface area contributed by atoms with E-state index in [1.54, 1.807) is 0 Å². The second-order valence-electron chi connectivity index (χ2n) is 5.07. The third kappa shape index (κ3) is 3.59. The molecule has 0 unspecified atom stereocenters. The van der Waals surface area contributed by atoms with Gasteiger partial charge in [0.2, 0.25) is 0 Å². The van der Waals surface area contributed by atoms with Crippen molar-refractivity contribution < 1.29 is 0 Å². The Hall–Kier alpha value is -1.92. The Morgan fingerprint density at radius 1 is 1.19 bits per heavy atom. The molecule has 0 aliphatic carbocycles. The van der Waals surface area contributed by atoms with Crippen molar-refractivity contribution in [1.82, 2.24) is 25.3 Å². The molecule has 6 heteroatoms. The Morgan fingerprint density at radius 3 is 2.67 bits per heavy atom. The lowest BCUT2D eigenvalue weighted by Gasteiger charge is -2.07. The minimum atomic E-state index is 0.453. The van der Waals surface area contributed by atoms with Crippen LogP contribution in [0, 0.1) is 0 Å². The van der Waals surface area contributed by atoms with Crippen LogP contribution in [0.4, 0.5) is 0 Å². The molecule has 0 aliphatic heterocycles. The highest BCUT2D eigenvalue weighted by Crippen LogP contribution is 2.23. The number of nitrogens with one attached hydrogen (secondary N) is 2. The van der Waals surface area contributed by atoms with Crippen LogP contribution in [0.1, 0.15) is 19.4 Å². The third-order valence-corrected chi connectivity index (χ3v) is 3.73. The Bertz CT molecular complexity index is 687. The molecule has 21 heavy (non-hydrogen) atoms. The lowest BCUT2D eigenvalue weighted by molar-refractivity contribution is 0.585. The number of hydrogen-bond acceptors (Lipinski definition) is 5. The number of H-pyrrole nitrogens is 1. The first-order chi connectivity index (χ1) is 10.2. The van der Waals surface area contributed by atoms with E-state index in [1.165, 1.54) is 11.8 Å². The topological polar surface area (TPSA) is 66.5 Å². The van der Waals surface area contributed by atoms with Gasteiger partial charge in [0.25, 0.3) is 0 Å². The molecule has 5 nitrogen and oxygen atoms in total. The summed E-state index contributed by atoms with van der Waals surface area (Å²) >= 11 is 1.44. The second-order valence-corrected chi connectivity index (χ2v) is 6.03. The van der Waals surface area contributed by atoms with Crippen molar-refractivity contribution in [3.8, 4) is 0 Å². The van der Waals surface area contributed by atoms with Crippen LogP contribution < -0.4 is 5.32 Å². The van der Waals surface area contributed by atoms with E-state index in [0.717, 1.165) is 28.3 Å². The van der Waals surface area contributed by atoms with Crippen molar-refractivity contribution in [2.75, 3.05) is 0 Å². The van der Waals surface area contributed by atoms with E-state index in [2.05, 4.69) is 39.1 Å². The molecule has 3 rings (SSSR count). The summed E-state index contributed by atoms with van der Waals surface area (Å²) in [5.41, 5.74) is 3.06. The van der Waals surface area contributed by atoms with E-state index < -0.39 is 0 Å². The molecule has 0 atom stereocenters. The number of imidazole rings is 1. The molecule has 0 radical (unpaired) electrons. The lowest BCUT2D eigenvalue weighted by atomic mass is 10.3. The number of aromatic nitrogens is 4. The van der Waals surface area contributed by atoms with Gasteiger partial charge in [-0.2, -0.15) is 0 Å². The first-order valence-corrected chi connectivity index (χ1v) is 7.69. The van der Waals surface area contributed by atoms with Crippen LogP contribution >= 0.6 is 11.8 Å². The van der Waals surface area contributed by atoms with Gasteiger partial charge in [0.05, 0.1) is 11.0 Å². The highest BCUT2D eigenvalue weighted by molar-refractivity contribution is 7.99. The summed E-state index contributed by atoms with van der Waals surface area (Å²) < 4.78 is 0. The van der Waals surface area contributed by atoms with Gasteiger partial charge in [0.1, 0.15) is 0 Å². The van der Waals surface area contributed by atoms with E-state index in [4.69, 9.17) is 0 Å². The van der Waals surface area contributed by atoms with Crippen molar-refractivity contribution in [3.05, 3.63) is 42.2 Å². The summed E-state index contributed by atoms with van der Waals surface area (Å²) in [5, 5.41) is 4.85. The van der Waals surface area contributed by atoms with Gasteiger partial charge in [-0.1, -0.05) is 26.0 Å². The molecule has 0 saturated carbocycles. The van der Waals surface area contributed by atoms with Gasteiger partial charge in [-0.15, -0.1) is 0 Å². The summed E-state index contributed by atoms with van der Waals surface area (Å²) in [6.45, 7) is 5.02. The minimum absolute atomic E-state index is 0.453. The zero-order chi connectivity index (χ0) is 14.7. The SMILES string of the molecule is CC(C)NCc1cnc(Sc2nc3ccccc3[nH]2)nc1. The van der Waals surface area contributed by atoms with Gasteiger partial charge in [0, 0.05) is 30.5 Å². The average Bonchev–Trinajstić information content (AvgIpc) is 2.88. The Morgan fingerprint density at radius 2 is 1.95 bits per heavy atom. The highest BCUT2D eigenvalue weighted by Gasteiger charge is 2.06. The molecule has 1 aromatic carbocycles. The zero-order valence-electron chi connectivity index (χ0n) is 12.0. The maximum Gasteiger partial charge on any atom is 0.195 e. The highest BCUT2D eigenvalue weighted by atomic mass is 32.2. The molecular weight excluding hydrogens is 282 g/mol. The normalized spacial score (nSPS) is 11.4. The van der Waals surface area contributed by atoms with Gasteiger partial charge < -0.3 is 10.3 Å². The number of hydrogen-bond donors (Lipinski definition) is 2. The fourth-order valence-corrected chi connectivity index (χ4v) is 2.56. The maximum atomic E-state index is 4.51. The maximum absolute atomic E-state index is 4.51. The Balaban J connectivity index is 1.69. The summed E-state index contributed by atoms with van der Waals surface area (Å²) in [5.74, 6) is 0.